The Morgan fingerprint density at radius 1 is 1.38 bits per heavy atom. The summed E-state index contributed by atoms with van der Waals surface area (Å²) in [6.45, 7) is 0.941. The largest absolute Gasteiger partial charge is 0.422 e. The predicted octanol–water partition coefficient (Wildman–Crippen LogP) is 0.198. The molecule has 2 aromatic rings. The third-order valence-electron chi connectivity index (χ3n) is 3.84. The molecular formula is C15H16N2O4. The molecule has 0 aliphatic carbocycles. The van der Waals surface area contributed by atoms with Crippen LogP contribution in [0.1, 0.15) is 10.4 Å². The lowest BCUT2D eigenvalue weighted by Gasteiger charge is -2.26. The number of likely N-dealkylation sites (N-methyl/N-ethyl adjacent to an activating group) is 1. The summed E-state index contributed by atoms with van der Waals surface area (Å²) in [6, 6.07) is 8.22. The fourth-order valence-electron chi connectivity index (χ4n) is 2.60. The minimum absolute atomic E-state index is 0.0182. The molecule has 2 N–H and O–H groups in total. The molecule has 1 saturated heterocycles. The number of carbonyl (C=O) groups excluding carboxylic acids is 1. The average molecular weight is 288 g/mol. The summed E-state index contributed by atoms with van der Waals surface area (Å²) in [5.41, 5.74) is -0.231. The lowest BCUT2D eigenvalue weighted by atomic mass is 10.1. The van der Waals surface area contributed by atoms with Crippen molar-refractivity contribution in [2.24, 2.45) is 0 Å². The Labute approximate surface area is 121 Å². The number of hydrogen-bond donors (Lipinski definition) is 2. The second kappa shape index (κ2) is 5.31. The summed E-state index contributed by atoms with van der Waals surface area (Å²) in [6.07, 6.45) is -0.633. The Morgan fingerprint density at radius 2 is 2.14 bits per heavy atom. The smallest absolute Gasteiger partial charge is 0.349 e. The maximum Gasteiger partial charge on any atom is 0.349 e. The molecule has 6 heteroatoms. The summed E-state index contributed by atoms with van der Waals surface area (Å²) < 4.78 is 5.17. The first-order valence-electron chi connectivity index (χ1n) is 6.77. The number of amides is 1. The summed E-state index contributed by atoms with van der Waals surface area (Å²) in [5, 5.41) is 13.5. The van der Waals surface area contributed by atoms with E-state index in [1.807, 2.05) is 6.07 Å². The van der Waals surface area contributed by atoms with Crippen LogP contribution in [0.2, 0.25) is 0 Å². The van der Waals surface area contributed by atoms with E-state index in [0.29, 0.717) is 24.1 Å². The van der Waals surface area contributed by atoms with E-state index in [0.717, 1.165) is 0 Å². The highest BCUT2D eigenvalue weighted by molar-refractivity contribution is 5.96. The molecule has 6 nitrogen and oxygen atoms in total. The van der Waals surface area contributed by atoms with Gasteiger partial charge in [-0.3, -0.25) is 4.79 Å². The minimum Gasteiger partial charge on any atom is -0.422 e. The number of benzene rings is 1. The first-order valence-corrected chi connectivity index (χ1v) is 6.77. The Kier molecular flexibility index (Phi) is 3.48. The fourth-order valence-corrected chi connectivity index (χ4v) is 2.60. The van der Waals surface area contributed by atoms with Crippen LogP contribution in [0.15, 0.2) is 39.5 Å². The van der Waals surface area contributed by atoms with Gasteiger partial charge in [0.15, 0.2) is 0 Å². The predicted molar refractivity (Wildman–Crippen MR) is 77.2 cm³/mol. The highest BCUT2D eigenvalue weighted by atomic mass is 16.4. The average Bonchev–Trinajstić information content (AvgIpc) is 2.91. The molecule has 1 fully saturated rings. The first-order chi connectivity index (χ1) is 10.1. The minimum atomic E-state index is -0.661. The number of hydrogen-bond acceptors (Lipinski definition) is 5. The molecule has 2 heterocycles. The summed E-state index contributed by atoms with van der Waals surface area (Å²) in [4.78, 5) is 25.8. The normalized spacial score (nSPS) is 21.6. The van der Waals surface area contributed by atoms with Gasteiger partial charge in [-0.25, -0.2) is 4.79 Å². The number of β-amino-alcohol motifs (C(OH)–C–C–N with tert-alkyl or cyclic N) is 1. The maximum absolute atomic E-state index is 12.5. The standard InChI is InChI=1S/C15H16N2O4/c1-17(11-7-16-8-12(11)18)14(19)10-6-9-4-2-3-5-13(9)21-15(10)20/h2-6,11-12,16,18H,7-8H2,1H3/t11-,12-/m1/s1. The van der Waals surface area contributed by atoms with E-state index < -0.39 is 17.6 Å². The number of aliphatic hydroxyl groups is 1. The van der Waals surface area contributed by atoms with Crippen molar-refractivity contribution in [1.29, 1.82) is 0 Å². The van der Waals surface area contributed by atoms with Crippen molar-refractivity contribution >= 4 is 16.9 Å². The number of nitrogens with zero attached hydrogens (tertiary/aromatic N) is 1. The van der Waals surface area contributed by atoms with E-state index in [9.17, 15) is 14.7 Å². The zero-order valence-electron chi connectivity index (χ0n) is 11.6. The summed E-state index contributed by atoms with van der Waals surface area (Å²) >= 11 is 0. The molecule has 1 aliphatic heterocycles. The van der Waals surface area contributed by atoms with E-state index in [2.05, 4.69) is 5.32 Å². The van der Waals surface area contributed by atoms with Gasteiger partial charge in [0.2, 0.25) is 0 Å². The third-order valence-corrected chi connectivity index (χ3v) is 3.84. The van der Waals surface area contributed by atoms with Crippen molar-refractivity contribution in [3.63, 3.8) is 0 Å². The number of fused-ring (bicyclic) bond motifs is 1. The third kappa shape index (κ3) is 2.43. The van der Waals surface area contributed by atoms with E-state index in [-0.39, 0.29) is 11.6 Å². The van der Waals surface area contributed by atoms with Crippen LogP contribution in [0, 0.1) is 0 Å². The van der Waals surface area contributed by atoms with E-state index in [4.69, 9.17) is 4.42 Å². The summed E-state index contributed by atoms with van der Waals surface area (Å²) in [5.74, 6) is -0.442. The SMILES string of the molecule is CN(C(=O)c1cc2ccccc2oc1=O)[C@@H]1CNC[C@H]1O. The molecular weight excluding hydrogens is 272 g/mol. The van der Waals surface area contributed by atoms with Crippen LogP contribution in [0.5, 0.6) is 0 Å². The second-order valence-corrected chi connectivity index (χ2v) is 5.19. The van der Waals surface area contributed by atoms with Gasteiger partial charge in [0.1, 0.15) is 11.1 Å². The van der Waals surface area contributed by atoms with Crippen LogP contribution < -0.4 is 10.9 Å². The van der Waals surface area contributed by atoms with Crippen molar-refractivity contribution in [2.45, 2.75) is 12.1 Å². The van der Waals surface area contributed by atoms with Crippen LogP contribution in [0.4, 0.5) is 0 Å². The number of nitrogens with one attached hydrogen (secondary N) is 1. The maximum atomic E-state index is 12.5. The van der Waals surface area contributed by atoms with Crippen LogP contribution in [0.3, 0.4) is 0 Å². The second-order valence-electron chi connectivity index (χ2n) is 5.19. The Morgan fingerprint density at radius 3 is 2.86 bits per heavy atom. The van der Waals surface area contributed by atoms with Gasteiger partial charge in [-0.15, -0.1) is 0 Å². The molecule has 1 aliphatic rings. The molecule has 0 bridgehead atoms. The topological polar surface area (TPSA) is 82.8 Å². The van der Waals surface area contributed by atoms with Crippen LogP contribution in [-0.4, -0.2) is 48.2 Å². The Bertz CT molecular complexity index is 740. The molecule has 0 saturated carbocycles. The van der Waals surface area contributed by atoms with Gasteiger partial charge in [-0.05, 0) is 12.1 Å². The van der Waals surface area contributed by atoms with Crippen LogP contribution in [-0.2, 0) is 0 Å². The quantitative estimate of drug-likeness (QED) is 0.771. The number of carbonyl (C=O) groups is 1. The first kappa shape index (κ1) is 13.8. The van der Waals surface area contributed by atoms with Gasteiger partial charge >= 0.3 is 5.63 Å². The summed E-state index contributed by atoms with van der Waals surface area (Å²) in [7, 11) is 1.58. The number of aliphatic hydroxyl groups excluding tert-OH is 1. The number of para-hydroxylation sites is 1. The molecule has 1 aromatic heterocycles. The molecule has 0 radical (unpaired) electrons. The Hall–Kier alpha value is -2.18. The van der Waals surface area contributed by atoms with Crippen molar-refractivity contribution in [1.82, 2.24) is 10.2 Å². The molecule has 2 atom stereocenters. The van der Waals surface area contributed by atoms with Gasteiger partial charge in [0.25, 0.3) is 5.91 Å². The van der Waals surface area contributed by atoms with Gasteiger partial charge in [-0.1, -0.05) is 18.2 Å². The van der Waals surface area contributed by atoms with Crippen LogP contribution in [0.25, 0.3) is 11.0 Å². The zero-order valence-corrected chi connectivity index (χ0v) is 11.6. The molecule has 0 unspecified atom stereocenters. The van der Waals surface area contributed by atoms with Gasteiger partial charge < -0.3 is 19.7 Å². The molecule has 1 amide bonds. The van der Waals surface area contributed by atoms with Gasteiger partial charge in [0, 0.05) is 25.5 Å². The highest BCUT2D eigenvalue weighted by Gasteiger charge is 2.32. The molecule has 1 aromatic carbocycles. The lowest BCUT2D eigenvalue weighted by Crippen LogP contribution is -2.45. The monoisotopic (exact) mass is 288 g/mol. The number of rotatable bonds is 2. The van der Waals surface area contributed by atoms with Gasteiger partial charge in [-0.2, -0.15) is 0 Å². The highest BCUT2D eigenvalue weighted by Crippen LogP contribution is 2.15. The zero-order chi connectivity index (χ0) is 15.0. The molecule has 21 heavy (non-hydrogen) atoms. The molecule has 0 spiro atoms. The Balaban J connectivity index is 1.97. The van der Waals surface area contributed by atoms with Crippen molar-refractivity contribution < 1.29 is 14.3 Å². The van der Waals surface area contributed by atoms with E-state index >= 15 is 0 Å². The lowest BCUT2D eigenvalue weighted by molar-refractivity contribution is 0.0577. The van der Waals surface area contributed by atoms with E-state index in [1.165, 1.54) is 11.0 Å². The molecule has 3 rings (SSSR count). The van der Waals surface area contributed by atoms with E-state index in [1.54, 1.807) is 25.2 Å². The molecule has 110 valence electrons. The van der Waals surface area contributed by atoms with Gasteiger partial charge in [0.05, 0.1) is 12.1 Å². The van der Waals surface area contributed by atoms with Crippen LogP contribution >= 0.6 is 0 Å². The van der Waals surface area contributed by atoms with Crippen molar-refractivity contribution in [3.05, 3.63) is 46.3 Å². The van der Waals surface area contributed by atoms with Crippen molar-refractivity contribution in [3.8, 4) is 0 Å². The fraction of sp³-hybridized carbons (Fsp3) is 0.333. The van der Waals surface area contributed by atoms with Crippen molar-refractivity contribution in [2.75, 3.05) is 20.1 Å².